The molecule has 0 saturated heterocycles. The van der Waals surface area contributed by atoms with E-state index < -0.39 is 0 Å². The van der Waals surface area contributed by atoms with Crippen molar-refractivity contribution in [3.05, 3.63) is 35.9 Å². The molecule has 18 heavy (non-hydrogen) atoms. The summed E-state index contributed by atoms with van der Waals surface area (Å²) in [5.74, 6) is 0.840. The first-order chi connectivity index (χ1) is 8.75. The molecule has 0 spiro atoms. The van der Waals surface area contributed by atoms with Crippen molar-refractivity contribution in [3.63, 3.8) is 0 Å². The molecule has 2 heteroatoms. The number of nitrogens with zero attached hydrogens (tertiary/aromatic N) is 1. The summed E-state index contributed by atoms with van der Waals surface area (Å²) >= 11 is 0. The summed E-state index contributed by atoms with van der Waals surface area (Å²) in [6, 6.07) is 9.96. The Morgan fingerprint density at radius 2 is 1.83 bits per heavy atom. The Bertz CT molecular complexity index is 332. The van der Waals surface area contributed by atoms with Crippen LogP contribution in [0.1, 0.15) is 43.8 Å². The lowest BCUT2D eigenvalue weighted by Gasteiger charge is -2.28. The highest BCUT2D eigenvalue weighted by Crippen LogP contribution is 2.24. The fourth-order valence-electron chi connectivity index (χ4n) is 2.96. The van der Waals surface area contributed by atoms with E-state index in [0.29, 0.717) is 0 Å². The average molecular weight is 247 g/mol. The normalized spacial score (nSPS) is 19.1. The number of benzene rings is 1. The van der Waals surface area contributed by atoms with Crippen molar-refractivity contribution in [3.8, 4) is 0 Å². The summed E-state index contributed by atoms with van der Waals surface area (Å²) in [5, 5.41) is 10.2. The summed E-state index contributed by atoms with van der Waals surface area (Å²) in [4.78, 5) is 2.29. The highest BCUT2D eigenvalue weighted by molar-refractivity contribution is 5.17. The minimum atomic E-state index is -0.361. The van der Waals surface area contributed by atoms with Crippen LogP contribution in [-0.2, 0) is 0 Å². The Labute approximate surface area is 111 Å². The van der Waals surface area contributed by atoms with Gasteiger partial charge < -0.3 is 10.0 Å². The lowest BCUT2D eigenvalue weighted by atomic mass is 9.89. The molecule has 0 aromatic heterocycles. The zero-order chi connectivity index (χ0) is 12.8. The largest absolute Gasteiger partial charge is 0.387 e. The number of aliphatic hydroxyl groups excluding tert-OH is 1. The van der Waals surface area contributed by atoms with Gasteiger partial charge in [0.2, 0.25) is 0 Å². The summed E-state index contributed by atoms with van der Waals surface area (Å²) in [5.41, 5.74) is 1.02. The molecule has 0 amide bonds. The number of aliphatic hydroxyl groups is 1. The molecule has 2 rings (SSSR count). The summed E-state index contributed by atoms with van der Waals surface area (Å²) in [6.07, 6.45) is 6.56. The lowest BCUT2D eigenvalue weighted by Crippen LogP contribution is -2.30. The summed E-state index contributed by atoms with van der Waals surface area (Å²) in [7, 11) is 2.13. The van der Waals surface area contributed by atoms with Crippen molar-refractivity contribution < 1.29 is 5.11 Å². The second-order valence-electron chi connectivity index (χ2n) is 5.65. The van der Waals surface area contributed by atoms with Gasteiger partial charge in [0.1, 0.15) is 0 Å². The van der Waals surface area contributed by atoms with Gasteiger partial charge in [0, 0.05) is 13.1 Å². The zero-order valence-corrected chi connectivity index (χ0v) is 11.4. The topological polar surface area (TPSA) is 23.5 Å². The first-order valence-corrected chi connectivity index (χ1v) is 7.17. The number of hydrogen-bond donors (Lipinski definition) is 1. The predicted molar refractivity (Wildman–Crippen MR) is 75.5 cm³/mol. The van der Waals surface area contributed by atoms with Crippen molar-refractivity contribution in [1.29, 1.82) is 0 Å². The van der Waals surface area contributed by atoms with Crippen molar-refractivity contribution >= 4 is 0 Å². The van der Waals surface area contributed by atoms with E-state index in [0.717, 1.165) is 24.6 Å². The standard InChI is InChI=1S/C16H25NO/c1-17(12-14-8-4-2-5-9-14)13-16(18)15-10-6-3-7-11-15/h3,6-7,10-11,14,16,18H,2,4-5,8-9,12-13H2,1H3/t16-/m0/s1. The molecule has 0 unspecified atom stereocenters. The zero-order valence-electron chi connectivity index (χ0n) is 11.4. The molecule has 0 radical (unpaired) electrons. The van der Waals surface area contributed by atoms with Gasteiger partial charge in [0.15, 0.2) is 0 Å². The van der Waals surface area contributed by atoms with E-state index in [2.05, 4.69) is 11.9 Å². The number of hydrogen-bond acceptors (Lipinski definition) is 2. The van der Waals surface area contributed by atoms with Crippen LogP contribution in [0.15, 0.2) is 30.3 Å². The number of rotatable bonds is 5. The van der Waals surface area contributed by atoms with Gasteiger partial charge in [-0.25, -0.2) is 0 Å². The summed E-state index contributed by atoms with van der Waals surface area (Å²) in [6.45, 7) is 1.87. The molecule has 1 fully saturated rings. The predicted octanol–water partition coefficient (Wildman–Crippen LogP) is 3.23. The molecule has 0 aliphatic heterocycles. The molecule has 1 saturated carbocycles. The van der Waals surface area contributed by atoms with Crippen LogP contribution in [0, 0.1) is 5.92 Å². The van der Waals surface area contributed by atoms with Gasteiger partial charge in [0.05, 0.1) is 6.10 Å². The van der Waals surface area contributed by atoms with E-state index in [-0.39, 0.29) is 6.10 Å². The molecular weight excluding hydrogens is 222 g/mol. The van der Waals surface area contributed by atoms with Crippen molar-refractivity contribution in [1.82, 2.24) is 4.90 Å². The van der Waals surface area contributed by atoms with Crippen molar-refractivity contribution in [2.75, 3.05) is 20.1 Å². The lowest BCUT2D eigenvalue weighted by molar-refractivity contribution is 0.113. The van der Waals surface area contributed by atoms with Crippen LogP contribution < -0.4 is 0 Å². The molecule has 1 aliphatic rings. The smallest absolute Gasteiger partial charge is 0.0916 e. The maximum Gasteiger partial charge on any atom is 0.0916 e. The van der Waals surface area contributed by atoms with Crippen molar-refractivity contribution in [2.45, 2.75) is 38.2 Å². The fraction of sp³-hybridized carbons (Fsp3) is 0.625. The molecule has 0 bridgehead atoms. The quantitative estimate of drug-likeness (QED) is 0.863. The van der Waals surface area contributed by atoms with Gasteiger partial charge in [-0.1, -0.05) is 49.6 Å². The highest BCUT2D eigenvalue weighted by atomic mass is 16.3. The van der Waals surface area contributed by atoms with E-state index in [9.17, 15) is 5.11 Å². The third-order valence-electron chi connectivity index (χ3n) is 3.96. The SMILES string of the molecule is CN(CC1CCCCC1)C[C@H](O)c1ccccc1. The maximum atomic E-state index is 10.2. The van der Waals surface area contributed by atoms with Gasteiger partial charge in [0.25, 0.3) is 0 Å². The Hall–Kier alpha value is -0.860. The Morgan fingerprint density at radius 3 is 2.50 bits per heavy atom. The van der Waals surface area contributed by atoms with Gasteiger partial charge in [-0.2, -0.15) is 0 Å². The molecule has 0 heterocycles. The van der Waals surface area contributed by atoms with Crippen LogP contribution in [0.2, 0.25) is 0 Å². The van der Waals surface area contributed by atoms with Gasteiger partial charge >= 0.3 is 0 Å². The highest BCUT2D eigenvalue weighted by Gasteiger charge is 2.17. The van der Waals surface area contributed by atoms with E-state index in [1.807, 2.05) is 30.3 Å². The Kier molecular flexibility index (Phi) is 5.21. The first kappa shape index (κ1) is 13.6. The van der Waals surface area contributed by atoms with Gasteiger partial charge in [-0.05, 0) is 31.4 Å². The monoisotopic (exact) mass is 247 g/mol. The number of likely N-dealkylation sites (N-methyl/N-ethyl adjacent to an activating group) is 1. The molecule has 1 aromatic rings. The third kappa shape index (κ3) is 4.11. The minimum absolute atomic E-state index is 0.361. The van der Waals surface area contributed by atoms with Crippen LogP contribution in [0.4, 0.5) is 0 Å². The summed E-state index contributed by atoms with van der Waals surface area (Å²) < 4.78 is 0. The second-order valence-corrected chi connectivity index (χ2v) is 5.65. The minimum Gasteiger partial charge on any atom is -0.387 e. The molecule has 1 aromatic carbocycles. The van der Waals surface area contributed by atoms with E-state index in [4.69, 9.17) is 0 Å². The van der Waals surface area contributed by atoms with Gasteiger partial charge in [-0.15, -0.1) is 0 Å². The first-order valence-electron chi connectivity index (χ1n) is 7.17. The third-order valence-corrected chi connectivity index (χ3v) is 3.96. The van der Waals surface area contributed by atoms with E-state index in [1.165, 1.54) is 32.1 Å². The average Bonchev–Trinajstić information content (AvgIpc) is 2.40. The molecule has 1 atom stereocenters. The van der Waals surface area contributed by atoms with Crippen LogP contribution >= 0.6 is 0 Å². The molecular formula is C16H25NO. The van der Waals surface area contributed by atoms with Crippen LogP contribution in [0.5, 0.6) is 0 Å². The van der Waals surface area contributed by atoms with Crippen LogP contribution in [-0.4, -0.2) is 30.1 Å². The Balaban J connectivity index is 1.78. The van der Waals surface area contributed by atoms with Gasteiger partial charge in [-0.3, -0.25) is 0 Å². The van der Waals surface area contributed by atoms with Crippen LogP contribution in [0.3, 0.4) is 0 Å². The Morgan fingerprint density at radius 1 is 1.17 bits per heavy atom. The molecule has 2 nitrogen and oxygen atoms in total. The van der Waals surface area contributed by atoms with Crippen LogP contribution in [0.25, 0.3) is 0 Å². The maximum absolute atomic E-state index is 10.2. The fourth-order valence-corrected chi connectivity index (χ4v) is 2.96. The second kappa shape index (κ2) is 6.91. The van der Waals surface area contributed by atoms with E-state index >= 15 is 0 Å². The molecule has 1 aliphatic carbocycles. The van der Waals surface area contributed by atoms with Crippen molar-refractivity contribution in [2.24, 2.45) is 5.92 Å². The molecule has 1 N–H and O–H groups in total. The molecule has 100 valence electrons. The van der Waals surface area contributed by atoms with E-state index in [1.54, 1.807) is 0 Å².